The molecule has 2 aromatic carbocycles. The van der Waals surface area contributed by atoms with Gasteiger partial charge in [0.2, 0.25) is 0 Å². The van der Waals surface area contributed by atoms with E-state index in [1.807, 2.05) is 26.0 Å². The van der Waals surface area contributed by atoms with Crippen LogP contribution in [-0.4, -0.2) is 24.5 Å². The minimum absolute atomic E-state index is 0.114. The van der Waals surface area contributed by atoms with E-state index in [9.17, 15) is 14.9 Å². The summed E-state index contributed by atoms with van der Waals surface area (Å²) >= 11 is 5.90. The van der Waals surface area contributed by atoms with E-state index >= 15 is 0 Å². The second-order valence-corrected chi connectivity index (χ2v) is 6.65. The summed E-state index contributed by atoms with van der Waals surface area (Å²) in [6, 6.07) is 11.5. The molecule has 2 aromatic rings. The zero-order chi connectivity index (χ0) is 18.6. The highest BCUT2D eigenvalue weighted by atomic mass is 35.5. The largest absolute Gasteiger partial charge is 0.490 e. The van der Waals surface area contributed by atoms with Crippen LogP contribution in [0.15, 0.2) is 42.5 Å². The second kappa shape index (κ2) is 7.53. The maximum Gasteiger partial charge on any atom is 0.311 e. The molecule has 0 spiro atoms. The maximum atomic E-state index is 12.4. The van der Waals surface area contributed by atoms with Crippen molar-refractivity contribution >= 4 is 23.2 Å². The van der Waals surface area contributed by atoms with Crippen LogP contribution in [-0.2, 0) is 5.41 Å². The first-order chi connectivity index (χ1) is 11.7. The number of nitrogens with one attached hydrogen (secondary N) is 1. The van der Waals surface area contributed by atoms with Crippen molar-refractivity contribution in [2.75, 3.05) is 13.7 Å². The van der Waals surface area contributed by atoms with Crippen molar-refractivity contribution < 1.29 is 14.5 Å². The Labute approximate surface area is 150 Å². The maximum absolute atomic E-state index is 12.4. The molecule has 6 nitrogen and oxygen atoms in total. The van der Waals surface area contributed by atoms with Gasteiger partial charge in [0.25, 0.3) is 5.91 Å². The van der Waals surface area contributed by atoms with Crippen molar-refractivity contribution in [2.45, 2.75) is 19.3 Å². The molecule has 0 bridgehead atoms. The number of nitro benzene ring substituents is 1. The normalized spacial score (nSPS) is 11.0. The highest BCUT2D eigenvalue weighted by molar-refractivity contribution is 6.30. The molecule has 0 atom stereocenters. The Morgan fingerprint density at radius 1 is 1.24 bits per heavy atom. The van der Waals surface area contributed by atoms with E-state index in [2.05, 4.69) is 5.32 Å². The summed E-state index contributed by atoms with van der Waals surface area (Å²) in [5, 5.41) is 14.5. The molecule has 2 rings (SSSR count). The Morgan fingerprint density at radius 3 is 2.44 bits per heavy atom. The molecule has 7 heteroatoms. The molecule has 0 heterocycles. The Morgan fingerprint density at radius 2 is 1.88 bits per heavy atom. The van der Waals surface area contributed by atoms with Gasteiger partial charge in [-0.1, -0.05) is 37.6 Å². The Balaban J connectivity index is 2.13. The van der Waals surface area contributed by atoms with E-state index < -0.39 is 4.92 Å². The number of amides is 1. The summed E-state index contributed by atoms with van der Waals surface area (Å²) < 4.78 is 4.94. The molecule has 0 unspecified atom stereocenters. The van der Waals surface area contributed by atoms with Crippen molar-refractivity contribution in [2.24, 2.45) is 0 Å². The van der Waals surface area contributed by atoms with E-state index in [4.69, 9.17) is 16.3 Å². The summed E-state index contributed by atoms with van der Waals surface area (Å²) in [5.74, 6) is -0.268. The summed E-state index contributed by atoms with van der Waals surface area (Å²) in [6.07, 6.45) is 0. The molecule has 0 saturated heterocycles. The van der Waals surface area contributed by atoms with Gasteiger partial charge in [0.1, 0.15) is 0 Å². The predicted molar refractivity (Wildman–Crippen MR) is 96.5 cm³/mol. The molecule has 0 aromatic heterocycles. The van der Waals surface area contributed by atoms with Gasteiger partial charge < -0.3 is 10.1 Å². The van der Waals surface area contributed by atoms with Gasteiger partial charge in [0, 0.05) is 28.6 Å². The monoisotopic (exact) mass is 362 g/mol. The van der Waals surface area contributed by atoms with Crippen LogP contribution in [0.1, 0.15) is 29.8 Å². The first kappa shape index (κ1) is 18.7. The number of ether oxygens (including phenoxy) is 1. The van der Waals surface area contributed by atoms with Crippen molar-refractivity contribution in [3.63, 3.8) is 0 Å². The molecule has 0 saturated carbocycles. The smallest absolute Gasteiger partial charge is 0.311 e. The van der Waals surface area contributed by atoms with Crippen molar-refractivity contribution in [3.05, 3.63) is 68.7 Å². The summed E-state index contributed by atoms with van der Waals surface area (Å²) in [7, 11) is 1.34. The minimum atomic E-state index is -0.576. The average Bonchev–Trinajstić information content (AvgIpc) is 2.59. The first-order valence-corrected chi connectivity index (χ1v) is 7.99. The molecule has 0 fully saturated rings. The number of carbonyl (C=O) groups is 1. The van der Waals surface area contributed by atoms with Crippen LogP contribution in [0.25, 0.3) is 0 Å². The van der Waals surface area contributed by atoms with Crippen LogP contribution in [0.3, 0.4) is 0 Å². The number of nitro groups is 1. The molecular weight excluding hydrogens is 344 g/mol. The van der Waals surface area contributed by atoms with E-state index in [1.54, 1.807) is 12.1 Å². The average molecular weight is 363 g/mol. The number of carbonyl (C=O) groups excluding carboxylic acids is 1. The highest BCUT2D eigenvalue weighted by Gasteiger charge is 2.23. The Kier molecular flexibility index (Phi) is 5.64. The molecule has 0 aliphatic rings. The van der Waals surface area contributed by atoms with Gasteiger partial charge in [-0.25, -0.2) is 0 Å². The zero-order valence-corrected chi connectivity index (χ0v) is 15.0. The number of hydrogen-bond donors (Lipinski definition) is 1. The molecule has 25 heavy (non-hydrogen) atoms. The fraction of sp³-hybridized carbons (Fsp3) is 0.278. The number of hydrogen-bond acceptors (Lipinski definition) is 4. The van der Waals surface area contributed by atoms with Gasteiger partial charge in [-0.05, 0) is 29.8 Å². The standard InChI is InChI=1S/C18H19ClN2O4/c1-18(2,13-5-7-14(19)8-6-13)11-20-17(22)12-4-9-16(25-3)15(10-12)21(23)24/h4-10H,11H2,1-3H3,(H,20,22). The van der Waals surface area contributed by atoms with Crippen molar-refractivity contribution in [1.82, 2.24) is 5.32 Å². The van der Waals surface area contributed by atoms with Crippen LogP contribution in [0.5, 0.6) is 5.75 Å². The van der Waals surface area contributed by atoms with Crippen LogP contribution in [0, 0.1) is 10.1 Å². The van der Waals surface area contributed by atoms with E-state index in [1.165, 1.54) is 25.3 Å². The van der Waals surface area contributed by atoms with Crippen molar-refractivity contribution in [1.29, 1.82) is 0 Å². The lowest BCUT2D eigenvalue weighted by Gasteiger charge is -2.25. The van der Waals surface area contributed by atoms with Gasteiger partial charge in [-0.3, -0.25) is 14.9 Å². The SMILES string of the molecule is COc1ccc(C(=O)NCC(C)(C)c2ccc(Cl)cc2)cc1[N+](=O)[O-]. The summed E-state index contributed by atoms with van der Waals surface area (Å²) in [4.78, 5) is 22.8. The van der Waals surface area contributed by atoms with Gasteiger partial charge in [0.15, 0.2) is 5.75 Å². The number of rotatable bonds is 6. The predicted octanol–water partition coefficient (Wildman–Crippen LogP) is 3.96. The topological polar surface area (TPSA) is 81.5 Å². The number of halogens is 1. The van der Waals surface area contributed by atoms with E-state index in [0.29, 0.717) is 11.6 Å². The van der Waals surface area contributed by atoms with E-state index in [0.717, 1.165) is 5.56 Å². The summed E-state index contributed by atoms with van der Waals surface area (Å²) in [5.41, 5.74) is 0.669. The number of benzene rings is 2. The molecule has 1 amide bonds. The van der Waals surface area contributed by atoms with Gasteiger partial charge in [0.05, 0.1) is 12.0 Å². The fourth-order valence-electron chi connectivity index (χ4n) is 2.38. The van der Waals surface area contributed by atoms with Crippen LogP contribution in [0.2, 0.25) is 5.02 Å². The zero-order valence-electron chi connectivity index (χ0n) is 14.2. The minimum Gasteiger partial charge on any atom is -0.490 e. The third kappa shape index (κ3) is 4.48. The Hall–Kier alpha value is -2.60. The fourth-order valence-corrected chi connectivity index (χ4v) is 2.51. The van der Waals surface area contributed by atoms with Crippen LogP contribution < -0.4 is 10.1 Å². The van der Waals surface area contributed by atoms with E-state index in [-0.39, 0.29) is 28.3 Å². The highest BCUT2D eigenvalue weighted by Crippen LogP contribution is 2.28. The Bertz CT molecular complexity index is 788. The van der Waals surface area contributed by atoms with Crippen molar-refractivity contribution in [3.8, 4) is 5.75 Å². The lowest BCUT2D eigenvalue weighted by Crippen LogP contribution is -2.36. The van der Waals surface area contributed by atoms with Gasteiger partial charge >= 0.3 is 5.69 Å². The third-order valence-corrected chi connectivity index (χ3v) is 4.21. The number of methoxy groups -OCH3 is 1. The third-order valence-electron chi connectivity index (χ3n) is 3.95. The lowest BCUT2D eigenvalue weighted by atomic mass is 9.84. The number of nitrogens with zero attached hydrogens (tertiary/aromatic N) is 1. The molecular formula is C18H19ClN2O4. The summed E-state index contributed by atoms with van der Waals surface area (Å²) in [6.45, 7) is 4.35. The second-order valence-electron chi connectivity index (χ2n) is 6.22. The first-order valence-electron chi connectivity index (χ1n) is 7.61. The van der Waals surface area contributed by atoms with Crippen LogP contribution in [0.4, 0.5) is 5.69 Å². The molecule has 1 N–H and O–H groups in total. The molecule has 132 valence electrons. The molecule has 0 radical (unpaired) electrons. The molecule has 0 aliphatic carbocycles. The molecule has 0 aliphatic heterocycles. The van der Waals surface area contributed by atoms with Gasteiger partial charge in [-0.15, -0.1) is 0 Å². The van der Waals surface area contributed by atoms with Gasteiger partial charge in [-0.2, -0.15) is 0 Å². The quantitative estimate of drug-likeness (QED) is 0.622. The van der Waals surface area contributed by atoms with Crippen LogP contribution >= 0.6 is 11.6 Å². The lowest BCUT2D eigenvalue weighted by molar-refractivity contribution is -0.385.